The number of ether oxygens (including phenoxy) is 1. The first-order valence-corrected chi connectivity index (χ1v) is 13.5. The van der Waals surface area contributed by atoms with Crippen LogP contribution in [0.15, 0.2) is 97.1 Å². The first-order chi connectivity index (χ1) is 15.6. The molecule has 4 aromatic rings. The van der Waals surface area contributed by atoms with E-state index in [0.717, 1.165) is 23.8 Å². The lowest BCUT2D eigenvalue weighted by atomic mass is 9.76. The highest BCUT2D eigenvalue weighted by Crippen LogP contribution is 2.48. The maximum Gasteiger partial charge on any atom is 0.138 e. The van der Waals surface area contributed by atoms with Gasteiger partial charge in [0.1, 0.15) is 11.5 Å². The molecule has 0 radical (unpaired) electrons. The van der Waals surface area contributed by atoms with Crippen LogP contribution in [0.25, 0.3) is 0 Å². The molecule has 0 amide bonds. The van der Waals surface area contributed by atoms with Crippen molar-refractivity contribution in [1.29, 1.82) is 0 Å². The summed E-state index contributed by atoms with van der Waals surface area (Å²) in [4.78, 5) is 0. The molecule has 1 aliphatic rings. The topological polar surface area (TPSA) is 9.23 Å². The normalized spacial score (nSPS) is 14.4. The van der Waals surface area contributed by atoms with Gasteiger partial charge in [-0.2, -0.15) is 0 Å². The van der Waals surface area contributed by atoms with Gasteiger partial charge in [0.2, 0.25) is 0 Å². The van der Waals surface area contributed by atoms with E-state index in [2.05, 4.69) is 111 Å². The van der Waals surface area contributed by atoms with Crippen molar-refractivity contribution in [1.82, 2.24) is 0 Å². The first kappa shape index (κ1) is 21.4. The monoisotopic (exact) mass is 454 g/mol. The fraction of sp³-hybridized carbons (Fsp3) is 0.172. The Morgan fingerprint density at radius 3 is 1.44 bits per heavy atom. The van der Waals surface area contributed by atoms with E-state index in [1.54, 1.807) is 0 Å². The molecule has 2 atom stereocenters. The smallest absolute Gasteiger partial charge is 0.138 e. The molecule has 5 rings (SSSR count). The molecule has 0 fully saturated rings. The quantitative estimate of drug-likeness (QED) is 0.282. The third-order valence-electron chi connectivity index (χ3n) is 6.23. The second-order valence-electron chi connectivity index (χ2n) is 8.77. The highest BCUT2D eigenvalue weighted by molar-refractivity contribution is 7.47. The fourth-order valence-corrected chi connectivity index (χ4v) is 6.77. The highest BCUT2D eigenvalue weighted by Gasteiger charge is 2.36. The van der Waals surface area contributed by atoms with E-state index in [9.17, 15) is 0 Å². The van der Waals surface area contributed by atoms with Crippen LogP contribution in [-0.4, -0.2) is 0 Å². The summed E-state index contributed by atoms with van der Waals surface area (Å²) in [7, 11) is 1.37. The summed E-state index contributed by atoms with van der Waals surface area (Å²) in [6.07, 6.45) is 2.09. The van der Waals surface area contributed by atoms with Crippen LogP contribution in [0.2, 0.25) is 0 Å². The van der Waals surface area contributed by atoms with Gasteiger partial charge in [-0.25, -0.2) is 0 Å². The number of fused-ring (bicyclic) bond motifs is 2. The number of para-hydroxylation sites is 2. The van der Waals surface area contributed by atoms with Gasteiger partial charge >= 0.3 is 0 Å². The van der Waals surface area contributed by atoms with Crippen LogP contribution in [0.5, 0.6) is 11.5 Å². The Kier molecular flexibility index (Phi) is 6.14. The molecule has 1 aliphatic heterocycles. The molecular weight excluding hydrogens is 426 g/mol. The minimum atomic E-state index is -0.0800. The van der Waals surface area contributed by atoms with Crippen LogP contribution in [0.1, 0.15) is 36.1 Å². The standard InChI is InChI=1S/C29H28OP2/c1-29(2)23-15-9-17-25(31-19-21-11-5-3-6-12-21)27(23)30-28-24(29)16-10-18-26(28)32-20-22-13-7-4-8-14-22/h3-18,31-32H,19-20H2,1-2H3. The van der Waals surface area contributed by atoms with Crippen molar-refractivity contribution in [2.24, 2.45) is 0 Å². The molecule has 2 unspecified atom stereocenters. The van der Waals surface area contributed by atoms with Crippen molar-refractivity contribution < 1.29 is 4.74 Å². The highest BCUT2D eigenvalue weighted by atomic mass is 31.1. The zero-order valence-electron chi connectivity index (χ0n) is 18.6. The molecule has 0 saturated carbocycles. The molecule has 0 bridgehead atoms. The lowest BCUT2D eigenvalue weighted by Crippen LogP contribution is -2.28. The summed E-state index contributed by atoms with van der Waals surface area (Å²) in [5.41, 5.74) is 5.27. The number of rotatable bonds is 6. The Hall–Kier alpha value is -2.46. The maximum atomic E-state index is 6.77. The van der Waals surface area contributed by atoms with E-state index in [-0.39, 0.29) is 5.41 Å². The average molecular weight is 454 g/mol. The molecule has 1 heterocycles. The molecule has 3 heteroatoms. The predicted octanol–water partition coefficient (Wildman–Crippen LogP) is 7.13. The number of benzene rings is 4. The zero-order chi connectivity index (χ0) is 22.0. The van der Waals surface area contributed by atoms with Gasteiger partial charge in [0.05, 0.1) is 0 Å². The molecular formula is C29H28OP2. The molecule has 32 heavy (non-hydrogen) atoms. The van der Waals surface area contributed by atoms with Crippen molar-refractivity contribution in [3.63, 3.8) is 0 Å². The Labute approximate surface area is 194 Å². The number of hydrogen-bond donors (Lipinski definition) is 0. The lowest BCUT2D eigenvalue weighted by molar-refractivity contribution is 0.425. The maximum absolute atomic E-state index is 6.77. The SMILES string of the molecule is CC1(C)c2cccc(PCc3ccccc3)c2Oc2c(PCc3ccccc3)cccc21. The molecule has 4 aromatic carbocycles. The van der Waals surface area contributed by atoms with Crippen molar-refractivity contribution in [3.05, 3.63) is 119 Å². The van der Waals surface area contributed by atoms with Gasteiger partial charge in [-0.15, -0.1) is 0 Å². The van der Waals surface area contributed by atoms with Crippen LogP contribution >= 0.6 is 17.2 Å². The molecule has 0 aliphatic carbocycles. The third-order valence-corrected chi connectivity index (χ3v) is 8.95. The average Bonchev–Trinajstić information content (AvgIpc) is 2.83. The lowest BCUT2D eigenvalue weighted by Gasteiger charge is -2.36. The molecule has 0 saturated heterocycles. The summed E-state index contributed by atoms with van der Waals surface area (Å²) < 4.78 is 6.77. The van der Waals surface area contributed by atoms with Crippen LogP contribution in [0, 0.1) is 0 Å². The third kappa shape index (κ3) is 4.25. The second-order valence-corrected chi connectivity index (χ2v) is 11.3. The van der Waals surface area contributed by atoms with Gasteiger partial charge in [0, 0.05) is 27.2 Å². The van der Waals surface area contributed by atoms with Gasteiger partial charge in [0.25, 0.3) is 0 Å². The summed E-state index contributed by atoms with van der Waals surface area (Å²) in [6.45, 7) is 4.67. The largest absolute Gasteiger partial charge is 0.455 e. The number of hydrogen-bond acceptors (Lipinski definition) is 1. The Bertz CT molecular complexity index is 1120. The summed E-state index contributed by atoms with van der Waals surface area (Å²) in [5.74, 6) is 2.16. The minimum absolute atomic E-state index is 0.0800. The van der Waals surface area contributed by atoms with Crippen LogP contribution in [0.4, 0.5) is 0 Å². The van der Waals surface area contributed by atoms with Crippen LogP contribution < -0.4 is 15.3 Å². The Morgan fingerprint density at radius 1 is 0.562 bits per heavy atom. The molecule has 0 aromatic heterocycles. The minimum Gasteiger partial charge on any atom is -0.455 e. The van der Waals surface area contributed by atoms with Crippen molar-refractivity contribution >= 4 is 27.8 Å². The van der Waals surface area contributed by atoms with Gasteiger partial charge in [-0.3, -0.25) is 0 Å². The molecule has 0 N–H and O–H groups in total. The first-order valence-electron chi connectivity index (χ1n) is 11.1. The summed E-state index contributed by atoms with van der Waals surface area (Å²) in [5, 5.41) is 2.65. The van der Waals surface area contributed by atoms with Gasteiger partial charge < -0.3 is 4.74 Å². The summed E-state index contributed by atoms with van der Waals surface area (Å²) >= 11 is 0. The predicted molar refractivity (Wildman–Crippen MR) is 141 cm³/mol. The zero-order valence-corrected chi connectivity index (χ0v) is 20.6. The van der Waals surface area contributed by atoms with Crippen LogP contribution in [-0.2, 0) is 17.7 Å². The molecule has 0 spiro atoms. The van der Waals surface area contributed by atoms with Gasteiger partial charge in [-0.05, 0) is 23.5 Å². The Balaban J connectivity index is 1.47. The van der Waals surface area contributed by atoms with E-state index in [1.807, 2.05) is 0 Å². The van der Waals surface area contributed by atoms with Crippen molar-refractivity contribution in [2.75, 3.05) is 0 Å². The van der Waals surface area contributed by atoms with E-state index in [0.29, 0.717) is 17.2 Å². The van der Waals surface area contributed by atoms with Gasteiger partial charge in [0.15, 0.2) is 0 Å². The van der Waals surface area contributed by atoms with E-state index in [4.69, 9.17) is 4.74 Å². The van der Waals surface area contributed by atoms with Crippen molar-refractivity contribution in [3.8, 4) is 11.5 Å². The fourth-order valence-electron chi connectivity index (χ4n) is 4.39. The second kappa shape index (κ2) is 9.19. The molecule has 1 nitrogen and oxygen atoms in total. The molecule has 160 valence electrons. The van der Waals surface area contributed by atoms with E-state index >= 15 is 0 Å². The van der Waals surface area contributed by atoms with E-state index < -0.39 is 0 Å². The van der Waals surface area contributed by atoms with Crippen LogP contribution in [0.3, 0.4) is 0 Å². The van der Waals surface area contributed by atoms with Crippen molar-refractivity contribution in [2.45, 2.75) is 31.6 Å². The summed E-state index contributed by atoms with van der Waals surface area (Å²) in [6, 6.07) is 34.9. The van der Waals surface area contributed by atoms with Gasteiger partial charge in [-0.1, -0.05) is 128 Å². The van der Waals surface area contributed by atoms with E-state index in [1.165, 1.54) is 32.9 Å². The Morgan fingerprint density at radius 2 is 1.00 bits per heavy atom.